The Labute approximate surface area is 203 Å². The molecule has 2 aromatic carbocycles. The molecule has 0 bridgehead atoms. The van der Waals surface area contributed by atoms with Crippen LogP contribution in [0.3, 0.4) is 0 Å². The van der Waals surface area contributed by atoms with Gasteiger partial charge < -0.3 is 15.4 Å². The number of fused-ring (bicyclic) bond motifs is 1. The number of nitrogens with one attached hydrogen (secondary N) is 2. The number of ether oxygens (including phenoxy) is 1. The van der Waals surface area contributed by atoms with Gasteiger partial charge in [-0.3, -0.25) is 0 Å². The van der Waals surface area contributed by atoms with E-state index in [9.17, 15) is 9.59 Å². The first kappa shape index (κ1) is 23.6. The van der Waals surface area contributed by atoms with E-state index in [1.165, 1.54) is 4.68 Å². The zero-order chi connectivity index (χ0) is 24.1. The molecule has 1 amide bonds. The summed E-state index contributed by atoms with van der Waals surface area (Å²) in [6, 6.07) is 16.7. The highest BCUT2D eigenvalue weighted by Gasteiger charge is 2.38. The third-order valence-corrected chi connectivity index (χ3v) is 6.03. The second kappa shape index (κ2) is 10.6. The predicted molar refractivity (Wildman–Crippen MR) is 132 cm³/mol. The molecule has 2 heterocycles. The first-order chi connectivity index (χ1) is 16.5. The van der Waals surface area contributed by atoms with Gasteiger partial charge in [-0.2, -0.15) is 9.78 Å². The number of hydrogen-bond donors (Lipinski definition) is 2. The Morgan fingerprint density at radius 1 is 1.09 bits per heavy atom. The molecule has 3 aromatic rings. The number of esters is 1. The molecule has 4 rings (SSSR count). The summed E-state index contributed by atoms with van der Waals surface area (Å²) in [6.45, 7) is 4.43. The number of hydrogen-bond acceptors (Lipinski definition) is 5. The van der Waals surface area contributed by atoms with Gasteiger partial charge in [-0.25, -0.2) is 9.59 Å². The van der Waals surface area contributed by atoms with Gasteiger partial charge in [-0.15, -0.1) is 0 Å². The molecule has 0 fully saturated rings. The van der Waals surface area contributed by atoms with E-state index < -0.39 is 11.9 Å². The Kier molecular flexibility index (Phi) is 7.33. The van der Waals surface area contributed by atoms with Crippen LogP contribution >= 0.6 is 11.6 Å². The van der Waals surface area contributed by atoms with Crippen molar-refractivity contribution in [3.63, 3.8) is 0 Å². The van der Waals surface area contributed by atoms with Crippen LogP contribution in [0.25, 0.3) is 0 Å². The molecule has 1 aliphatic heterocycles. The molecule has 8 heteroatoms. The number of anilines is 1. The lowest BCUT2D eigenvalue weighted by Gasteiger charge is -2.30. The van der Waals surface area contributed by atoms with Gasteiger partial charge in [0.2, 0.25) is 0 Å². The molecular weight excluding hydrogens is 452 g/mol. The predicted octanol–water partition coefficient (Wildman–Crippen LogP) is 5.47. The Morgan fingerprint density at radius 3 is 2.53 bits per heavy atom. The topological polar surface area (TPSA) is 85.2 Å². The fraction of sp³-hybridized carbons (Fsp3) is 0.269. The van der Waals surface area contributed by atoms with Crippen molar-refractivity contribution in [3.05, 3.63) is 93.8 Å². The summed E-state index contributed by atoms with van der Waals surface area (Å²) in [4.78, 5) is 26.2. The number of carbonyl (C=O) groups excluding carboxylic acids is 2. The summed E-state index contributed by atoms with van der Waals surface area (Å²) < 4.78 is 6.73. The van der Waals surface area contributed by atoms with Crippen molar-refractivity contribution in [2.24, 2.45) is 0 Å². The Hall–Kier alpha value is -3.58. The average molecular weight is 479 g/mol. The van der Waals surface area contributed by atoms with E-state index in [0.29, 0.717) is 40.6 Å². The van der Waals surface area contributed by atoms with E-state index in [4.69, 9.17) is 16.3 Å². The van der Waals surface area contributed by atoms with Gasteiger partial charge in [0.15, 0.2) is 0 Å². The Balaban J connectivity index is 1.76. The van der Waals surface area contributed by atoms with Crippen molar-refractivity contribution in [2.45, 2.75) is 39.2 Å². The monoisotopic (exact) mass is 478 g/mol. The van der Waals surface area contributed by atoms with E-state index in [-0.39, 0.29) is 12.6 Å². The highest BCUT2D eigenvalue weighted by atomic mass is 35.5. The first-order valence-corrected chi connectivity index (χ1v) is 11.7. The highest BCUT2D eigenvalue weighted by Crippen LogP contribution is 2.45. The molecule has 1 aromatic heterocycles. The van der Waals surface area contributed by atoms with Gasteiger partial charge in [0, 0.05) is 28.7 Å². The molecule has 0 radical (unpaired) electrons. The number of carbonyl (C=O) groups is 2. The number of halogens is 1. The lowest BCUT2D eigenvalue weighted by Crippen LogP contribution is -2.32. The number of allylic oxidation sites excluding steroid dienone is 1. The maximum absolute atomic E-state index is 13.1. The number of benzene rings is 2. The molecule has 0 spiro atoms. The van der Waals surface area contributed by atoms with Crippen LogP contribution in [0.4, 0.5) is 10.6 Å². The summed E-state index contributed by atoms with van der Waals surface area (Å²) in [7, 11) is 0. The molecule has 0 saturated heterocycles. The van der Waals surface area contributed by atoms with Crippen LogP contribution in [-0.2, 0) is 16.1 Å². The minimum Gasteiger partial charge on any atom is -0.463 e. The average Bonchev–Trinajstić information content (AvgIpc) is 3.27. The second-order valence-electron chi connectivity index (χ2n) is 7.95. The van der Waals surface area contributed by atoms with Gasteiger partial charge in [-0.05, 0) is 30.5 Å². The fourth-order valence-corrected chi connectivity index (χ4v) is 4.41. The summed E-state index contributed by atoms with van der Waals surface area (Å²) in [6.07, 6.45) is 3.01. The van der Waals surface area contributed by atoms with Gasteiger partial charge in [-0.1, -0.05) is 73.5 Å². The first-order valence-electron chi connectivity index (χ1n) is 11.4. The van der Waals surface area contributed by atoms with E-state index in [1.807, 2.05) is 55.5 Å². The summed E-state index contributed by atoms with van der Waals surface area (Å²) in [5.41, 5.74) is 3.62. The molecule has 0 saturated carbocycles. The molecular formula is C26H27ClN4O3. The van der Waals surface area contributed by atoms with Crippen LogP contribution in [0, 0.1) is 0 Å². The molecule has 1 unspecified atom stereocenters. The highest BCUT2D eigenvalue weighted by molar-refractivity contribution is 6.31. The summed E-state index contributed by atoms with van der Waals surface area (Å²) >= 11 is 6.58. The molecule has 1 atom stereocenters. The van der Waals surface area contributed by atoms with E-state index in [2.05, 4.69) is 15.7 Å². The zero-order valence-electron chi connectivity index (χ0n) is 19.2. The van der Waals surface area contributed by atoms with Crippen molar-refractivity contribution in [3.8, 4) is 0 Å². The lowest BCUT2D eigenvalue weighted by molar-refractivity contribution is -0.138. The third-order valence-electron chi connectivity index (χ3n) is 5.68. The van der Waals surface area contributed by atoms with Crippen LogP contribution in [0.15, 0.2) is 72.1 Å². The Morgan fingerprint density at radius 2 is 1.82 bits per heavy atom. The molecule has 2 N–H and O–H groups in total. The van der Waals surface area contributed by atoms with Crippen LogP contribution in [0.1, 0.15) is 49.3 Å². The van der Waals surface area contributed by atoms with Gasteiger partial charge >= 0.3 is 12.0 Å². The van der Waals surface area contributed by atoms with Crippen molar-refractivity contribution < 1.29 is 14.3 Å². The van der Waals surface area contributed by atoms with Gasteiger partial charge in [0.25, 0.3) is 0 Å². The summed E-state index contributed by atoms with van der Waals surface area (Å²) in [5, 5.41) is 11.1. The number of nitrogens with zero attached hydrogens (tertiary/aromatic N) is 2. The minimum absolute atomic E-state index is 0.255. The number of amides is 1. The normalized spacial score (nSPS) is 14.9. The van der Waals surface area contributed by atoms with E-state index >= 15 is 0 Å². The molecule has 34 heavy (non-hydrogen) atoms. The van der Waals surface area contributed by atoms with E-state index in [0.717, 1.165) is 17.5 Å². The van der Waals surface area contributed by atoms with Crippen LogP contribution in [0.2, 0.25) is 5.02 Å². The molecule has 0 aliphatic carbocycles. The lowest BCUT2D eigenvalue weighted by atomic mass is 9.82. The maximum Gasteiger partial charge on any atom is 0.344 e. The number of aromatic nitrogens is 2. The van der Waals surface area contributed by atoms with E-state index in [1.54, 1.807) is 19.2 Å². The van der Waals surface area contributed by atoms with Crippen molar-refractivity contribution >= 4 is 29.4 Å². The second-order valence-corrected chi connectivity index (χ2v) is 8.35. The number of rotatable bonds is 7. The van der Waals surface area contributed by atoms with Crippen molar-refractivity contribution in [1.29, 1.82) is 0 Å². The Bertz CT molecular complexity index is 1220. The van der Waals surface area contributed by atoms with Crippen molar-refractivity contribution in [1.82, 2.24) is 15.1 Å². The molecule has 1 aliphatic rings. The van der Waals surface area contributed by atoms with Crippen LogP contribution in [-0.4, -0.2) is 28.4 Å². The smallest absolute Gasteiger partial charge is 0.344 e. The SMILES string of the molecule is CCCC1=C(C(=O)OCC)C(c2ccccc2Cl)c2cnn(C(=O)NCc3ccccc3)c2N1. The van der Waals surface area contributed by atoms with Crippen LogP contribution in [0.5, 0.6) is 0 Å². The zero-order valence-corrected chi connectivity index (χ0v) is 19.9. The summed E-state index contributed by atoms with van der Waals surface area (Å²) in [5.74, 6) is -0.400. The van der Waals surface area contributed by atoms with Crippen LogP contribution < -0.4 is 10.6 Å². The van der Waals surface area contributed by atoms with Gasteiger partial charge in [0.1, 0.15) is 5.82 Å². The fourth-order valence-electron chi connectivity index (χ4n) is 4.17. The third kappa shape index (κ3) is 4.70. The van der Waals surface area contributed by atoms with Crippen molar-refractivity contribution in [2.75, 3.05) is 11.9 Å². The minimum atomic E-state index is -0.513. The molecule has 7 nitrogen and oxygen atoms in total. The largest absolute Gasteiger partial charge is 0.463 e. The molecule has 176 valence electrons. The van der Waals surface area contributed by atoms with Gasteiger partial charge in [0.05, 0.1) is 18.4 Å². The maximum atomic E-state index is 13.1. The standard InChI is InChI=1S/C26H27ClN4O3/c1-3-10-21-23(25(32)34-4-2)22(18-13-8-9-14-20(18)27)19-16-29-31(24(19)30-21)26(33)28-15-17-11-6-5-7-12-17/h5-9,11-14,16,22,30H,3-4,10,15H2,1-2H3,(H,28,33). The quantitative estimate of drug-likeness (QED) is 0.440.